The molecule has 0 aliphatic carbocycles. The molecule has 0 spiro atoms. The molecule has 1 heterocycles. The van der Waals surface area contributed by atoms with Crippen molar-refractivity contribution in [2.24, 2.45) is 5.92 Å². The molecule has 1 N–H and O–H groups in total. The van der Waals surface area contributed by atoms with Gasteiger partial charge in [-0.1, -0.05) is 6.92 Å². The van der Waals surface area contributed by atoms with Crippen molar-refractivity contribution in [1.29, 1.82) is 0 Å². The third-order valence-corrected chi connectivity index (χ3v) is 3.57. The Kier molecular flexibility index (Phi) is 5.44. The van der Waals surface area contributed by atoms with E-state index in [0.29, 0.717) is 0 Å². The highest BCUT2D eigenvalue weighted by atomic mass is 32.1. The van der Waals surface area contributed by atoms with E-state index >= 15 is 0 Å². The van der Waals surface area contributed by atoms with Gasteiger partial charge in [-0.05, 0) is 57.4 Å². The SMILES string of the molecule is CC(CCS)CCN1CCCC(C)(O)C1. The van der Waals surface area contributed by atoms with Gasteiger partial charge in [0.05, 0.1) is 5.60 Å². The summed E-state index contributed by atoms with van der Waals surface area (Å²) in [6, 6.07) is 0. The number of thiol groups is 1. The third kappa shape index (κ3) is 5.23. The second-order valence-electron chi connectivity index (χ2n) is 5.28. The number of hydrogen-bond donors (Lipinski definition) is 2. The molecule has 1 aliphatic heterocycles. The smallest absolute Gasteiger partial charge is 0.0746 e. The van der Waals surface area contributed by atoms with E-state index in [1.165, 1.54) is 12.8 Å². The normalized spacial score (nSPS) is 30.4. The van der Waals surface area contributed by atoms with Gasteiger partial charge < -0.3 is 10.0 Å². The summed E-state index contributed by atoms with van der Waals surface area (Å²) in [5.41, 5.74) is -0.453. The van der Waals surface area contributed by atoms with Crippen LogP contribution in [0.5, 0.6) is 0 Å². The molecule has 2 unspecified atom stereocenters. The van der Waals surface area contributed by atoms with E-state index in [4.69, 9.17) is 0 Å². The number of piperidine rings is 1. The fourth-order valence-electron chi connectivity index (χ4n) is 2.28. The summed E-state index contributed by atoms with van der Waals surface area (Å²) in [5.74, 6) is 1.74. The van der Waals surface area contributed by atoms with Gasteiger partial charge >= 0.3 is 0 Å². The Morgan fingerprint density at radius 1 is 1.47 bits per heavy atom. The maximum absolute atomic E-state index is 9.96. The quantitative estimate of drug-likeness (QED) is 0.709. The van der Waals surface area contributed by atoms with E-state index in [0.717, 1.165) is 44.1 Å². The Hall–Kier alpha value is 0.270. The summed E-state index contributed by atoms with van der Waals surface area (Å²) in [6.45, 7) is 7.38. The maximum Gasteiger partial charge on any atom is 0.0746 e. The van der Waals surface area contributed by atoms with Crippen LogP contribution in [0.15, 0.2) is 0 Å². The van der Waals surface area contributed by atoms with Crippen LogP contribution in [-0.4, -0.2) is 41.0 Å². The van der Waals surface area contributed by atoms with Crippen molar-refractivity contribution >= 4 is 12.6 Å². The molecule has 15 heavy (non-hydrogen) atoms. The lowest BCUT2D eigenvalue weighted by atomic mass is 9.94. The van der Waals surface area contributed by atoms with Gasteiger partial charge in [0.25, 0.3) is 0 Å². The van der Waals surface area contributed by atoms with Crippen LogP contribution < -0.4 is 0 Å². The first-order chi connectivity index (χ1) is 7.03. The zero-order valence-electron chi connectivity index (χ0n) is 10.1. The van der Waals surface area contributed by atoms with Crippen LogP contribution in [0.3, 0.4) is 0 Å². The van der Waals surface area contributed by atoms with Gasteiger partial charge in [-0.3, -0.25) is 0 Å². The van der Waals surface area contributed by atoms with E-state index < -0.39 is 5.60 Å². The van der Waals surface area contributed by atoms with Crippen LogP contribution in [0, 0.1) is 5.92 Å². The lowest BCUT2D eigenvalue weighted by Gasteiger charge is -2.37. The zero-order chi connectivity index (χ0) is 11.3. The monoisotopic (exact) mass is 231 g/mol. The summed E-state index contributed by atoms with van der Waals surface area (Å²) in [7, 11) is 0. The van der Waals surface area contributed by atoms with E-state index in [1.54, 1.807) is 0 Å². The highest BCUT2D eigenvalue weighted by Gasteiger charge is 2.27. The van der Waals surface area contributed by atoms with Crippen LogP contribution in [0.2, 0.25) is 0 Å². The second-order valence-corrected chi connectivity index (χ2v) is 5.73. The predicted octanol–water partition coefficient (Wildman–Crippen LogP) is 2.18. The van der Waals surface area contributed by atoms with Gasteiger partial charge in [-0.25, -0.2) is 0 Å². The molecule has 1 fully saturated rings. The molecule has 0 amide bonds. The van der Waals surface area contributed by atoms with Crippen molar-refractivity contribution in [3.05, 3.63) is 0 Å². The van der Waals surface area contributed by atoms with Gasteiger partial charge in [-0.2, -0.15) is 12.6 Å². The highest BCUT2D eigenvalue weighted by molar-refractivity contribution is 7.80. The van der Waals surface area contributed by atoms with Crippen LogP contribution in [0.1, 0.15) is 39.5 Å². The van der Waals surface area contributed by atoms with Gasteiger partial charge in [-0.15, -0.1) is 0 Å². The molecule has 1 aliphatic rings. The molecule has 0 radical (unpaired) electrons. The van der Waals surface area contributed by atoms with Crippen molar-refractivity contribution in [2.45, 2.75) is 45.1 Å². The lowest BCUT2D eigenvalue weighted by molar-refractivity contribution is -0.0167. The molecular formula is C12H25NOS. The number of nitrogens with zero attached hydrogens (tertiary/aromatic N) is 1. The van der Waals surface area contributed by atoms with Gasteiger partial charge in [0.2, 0.25) is 0 Å². The van der Waals surface area contributed by atoms with Crippen molar-refractivity contribution in [3.63, 3.8) is 0 Å². The average Bonchev–Trinajstić information content (AvgIpc) is 2.14. The van der Waals surface area contributed by atoms with Crippen molar-refractivity contribution < 1.29 is 5.11 Å². The first-order valence-electron chi connectivity index (χ1n) is 6.09. The summed E-state index contributed by atoms with van der Waals surface area (Å²) in [6.07, 6.45) is 4.52. The number of rotatable bonds is 5. The van der Waals surface area contributed by atoms with Crippen LogP contribution in [0.4, 0.5) is 0 Å². The molecule has 0 saturated carbocycles. The van der Waals surface area contributed by atoms with E-state index in [9.17, 15) is 5.11 Å². The molecule has 0 aromatic carbocycles. The summed E-state index contributed by atoms with van der Waals surface area (Å²) < 4.78 is 0. The Labute approximate surface area is 99.5 Å². The Bertz CT molecular complexity index is 184. The average molecular weight is 231 g/mol. The standard InChI is InChI=1S/C12H25NOS/c1-11(5-9-15)4-8-13-7-3-6-12(2,14)10-13/h11,14-15H,3-10H2,1-2H3. The van der Waals surface area contributed by atoms with E-state index in [2.05, 4.69) is 24.5 Å². The summed E-state index contributed by atoms with van der Waals surface area (Å²) in [5, 5.41) is 9.96. The lowest BCUT2D eigenvalue weighted by Crippen LogP contribution is -2.46. The van der Waals surface area contributed by atoms with Crippen LogP contribution in [0.25, 0.3) is 0 Å². The third-order valence-electron chi connectivity index (χ3n) is 3.31. The van der Waals surface area contributed by atoms with E-state index in [-0.39, 0.29) is 0 Å². The molecule has 90 valence electrons. The molecule has 0 aromatic rings. The number of β-amino-alcohol motifs (C(OH)–C–C–N with tert-alkyl or cyclic N) is 1. The molecule has 2 nitrogen and oxygen atoms in total. The first-order valence-corrected chi connectivity index (χ1v) is 6.72. The minimum atomic E-state index is -0.453. The molecule has 1 rings (SSSR count). The Balaban J connectivity index is 2.21. The molecule has 0 bridgehead atoms. The van der Waals surface area contributed by atoms with Crippen molar-refractivity contribution in [3.8, 4) is 0 Å². The highest BCUT2D eigenvalue weighted by Crippen LogP contribution is 2.21. The first kappa shape index (κ1) is 13.3. The van der Waals surface area contributed by atoms with Crippen molar-refractivity contribution in [1.82, 2.24) is 4.90 Å². The van der Waals surface area contributed by atoms with Crippen LogP contribution in [-0.2, 0) is 0 Å². The molecule has 2 atom stereocenters. The fraction of sp³-hybridized carbons (Fsp3) is 1.00. The minimum absolute atomic E-state index is 0.453. The summed E-state index contributed by atoms with van der Waals surface area (Å²) >= 11 is 4.25. The minimum Gasteiger partial charge on any atom is -0.389 e. The van der Waals surface area contributed by atoms with Gasteiger partial charge in [0.1, 0.15) is 0 Å². The fourth-order valence-corrected chi connectivity index (χ4v) is 2.72. The van der Waals surface area contributed by atoms with Crippen molar-refractivity contribution in [2.75, 3.05) is 25.4 Å². The van der Waals surface area contributed by atoms with Gasteiger partial charge in [0, 0.05) is 6.54 Å². The number of aliphatic hydroxyl groups is 1. The predicted molar refractivity (Wildman–Crippen MR) is 68.5 cm³/mol. The number of hydrogen-bond acceptors (Lipinski definition) is 3. The number of likely N-dealkylation sites (tertiary alicyclic amines) is 1. The Morgan fingerprint density at radius 2 is 2.20 bits per heavy atom. The molecule has 1 saturated heterocycles. The van der Waals surface area contributed by atoms with Crippen LogP contribution >= 0.6 is 12.6 Å². The topological polar surface area (TPSA) is 23.5 Å². The van der Waals surface area contributed by atoms with E-state index in [1.807, 2.05) is 6.92 Å². The second kappa shape index (κ2) is 6.12. The zero-order valence-corrected chi connectivity index (χ0v) is 11.0. The largest absolute Gasteiger partial charge is 0.389 e. The van der Waals surface area contributed by atoms with Gasteiger partial charge in [0.15, 0.2) is 0 Å². The Morgan fingerprint density at radius 3 is 2.80 bits per heavy atom. The molecule has 0 aromatic heterocycles. The summed E-state index contributed by atoms with van der Waals surface area (Å²) in [4.78, 5) is 2.40. The molecule has 3 heteroatoms. The maximum atomic E-state index is 9.96. The molecular weight excluding hydrogens is 206 g/mol.